The molecule has 0 aliphatic carbocycles. The molecule has 1 amide bonds. The van der Waals surface area contributed by atoms with Crippen LogP contribution in [0.4, 0.5) is 5.69 Å². The molecular formula is C22H25N3O2. The van der Waals surface area contributed by atoms with Crippen LogP contribution in [0.25, 0.3) is 5.69 Å². The molecule has 0 unspecified atom stereocenters. The monoisotopic (exact) mass is 363 g/mol. The maximum Gasteiger partial charge on any atom is 0.229 e. The molecule has 0 fully saturated rings. The Bertz CT molecular complexity index is 946. The van der Waals surface area contributed by atoms with Gasteiger partial charge in [-0.1, -0.05) is 24.3 Å². The number of carbonyl (C=O) groups is 1. The zero-order valence-electron chi connectivity index (χ0n) is 16.2. The van der Waals surface area contributed by atoms with Gasteiger partial charge >= 0.3 is 0 Å². The number of benzene rings is 2. The van der Waals surface area contributed by atoms with E-state index in [-0.39, 0.29) is 12.3 Å². The summed E-state index contributed by atoms with van der Waals surface area (Å²) in [5, 5.41) is 7.58. The number of aromatic nitrogens is 2. The lowest BCUT2D eigenvalue weighted by atomic mass is 10.1. The zero-order valence-corrected chi connectivity index (χ0v) is 16.2. The number of nitrogens with one attached hydrogen (secondary N) is 1. The van der Waals surface area contributed by atoms with Crippen molar-refractivity contribution in [2.24, 2.45) is 0 Å². The molecule has 0 aliphatic heterocycles. The van der Waals surface area contributed by atoms with Crippen LogP contribution in [-0.2, 0) is 11.2 Å². The zero-order chi connectivity index (χ0) is 19.4. The molecule has 3 aromatic rings. The Morgan fingerprint density at radius 1 is 1.11 bits per heavy atom. The highest BCUT2D eigenvalue weighted by molar-refractivity contribution is 5.94. The third-order valence-corrected chi connectivity index (χ3v) is 4.49. The van der Waals surface area contributed by atoms with Crippen molar-refractivity contribution in [1.29, 1.82) is 0 Å². The molecule has 0 bridgehead atoms. The quantitative estimate of drug-likeness (QED) is 0.707. The molecule has 0 aliphatic rings. The van der Waals surface area contributed by atoms with Crippen molar-refractivity contribution in [3.8, 4) is 11.4 Å². The Hall–Kier alpha value is -3.08. The third kappa shape index (κ3) is 4.19. The van der Waals surface area contributed by atoms with Crippen LogP contribution in [0, 0.1) is 20.8 Å². The number of aryl methyl sites for hydroxylation is 2. The van der Waals surface area contributed by atoms with Crippen LogP contribution in [0.1, 0.15) is 29.4 Å². The molecule has 5 nitrogen and oxygen atoms in total. The van der Waals surface area contributed by atoms with E-state index in [2.05, 4.69) is 10.4 Å². The topological polar surface area (TPSA) is 56.1 Å². The Labute approximate surface area is 160 Å². The van der Waals surface area contributed by atoms with Gasteiger partial charge in [-0.05, 0) is 57.5 Å². The number of hydrogen-bond donors (Lipinski definition) is 1. The summed E-state index contributed by atoms with van der Waals surface area (Å²) in [4.78, 5) is 12.7. The molecule has 140 valence electrons. The minimum atomic E-state index is -0.0846. The Balaban J connectivity index is 1.80. The van der Waals surface area contributed by atoms with Crippen LogP contribution in [0.15, 0.2) is 48.5 Å². The van der Waals surface area contributed by atoms with Gasteiger partial charge in [0, 0.05) is 11.3 Å². The van der Waals surface area contributed by atoms with E-state index < -0.39 is 0 Å². The smallest absolute Gasteiger partial charge is 0.229 e. The molecule has 3 rings (SSSR count). The van der Waals surface area contributed by atoms with Crippen molar-refractivity contribution in [3.63, 3.8) is 0 Å². The lowest BCUT2D eigenvalue weighted by Gasteiger charge is -2.12. The molecule has 1 N–H and O–H groups in total. The molecule has 0 atom stereocenters. The molecular weight excluding hydrogens is 338 g/mol. The van der Waals surface area contributed by atoms with Crippen LogP contribution in [-0.4, -0.2) is 22.3 Å². The standard InChI is InChI=1S/C22H25N3O2/c1-5-27-21-13-15(2)11-12-20(21)23-22(26)14-19-16(3)24-25(17(19)4)18-9-7-6-8-10-18/h6-13H,5,14H2,1-4H3,(H,23,26). The second kappa shape index (κ2) is 8.08. The van der Waals surface area contributed by atoms with E-state index >= 15 is 0 Å². The van der Waals surface area contributed by atoms with Crippen LogP contribution < -0.4 is 10.1 Å². The van der Waals surface area contributed by atoms with E-state index in [1.165, 1.54) is 0 Å². The SMILES string of the molecule is CCOc1cc(C)ccc1NC(=O)Cc1c(C)nn(-c2ccccc2)c1C. The van der Waals surface area contributed by atoms with Crippen molar-refractivity contribution in [3.05, 3.63) is 71.0 Å². The Kier molecular flexibility index (Phi) is 5.60. The minimum Gasteiger partial charge on any atom is -0.492 e. The van der Waals surface area contributed by atoms with Crippen molar-refractivity contribution >= 4 is 11.6 Å². The maximum atomic E-state index is 12.7. The molecule has 0 spiro atoms. The summed E-state index contributed by atoms with van der Waals surface area (Å²) in [6, 6.07) is 15.7. The number of nitrogens with zero attached hydrogens (tertiary/aromatic N) is 2. The van der Waals surface area contributed by atoms with E-state index in [0.29, 0.717) is 18.0 Å². The fourth-order valence-corrected chi connectivity index (χ4v) is 3.11. The van der Waals surface area contributed by atoms with E-state index in [4.69, 9.17) is 4.74 Å². The summed E-state index contributed by atoms with van der Waals surface area (Å²) in [6.45, 7) is 8.41. The highest BCUT2D eigenvalue weighted by Gasteiger charge is 2.17. The van der Waals surface area contributed by atoms with Gasteiger partial charge in [-0.15, -0.1) is 0 Å². The van der Waals surface area contributed by atoms with Gasteiger partial charge in [0.15, 0.2) is 0 Å². The van der Waals surface area contributed by atoms with Crippen molar-refractivity contribution in [2.45, 2.75) is 34.1 Å². The first-order valence-corrected chi connectivity index (χ1v) is 9.13. The summed E-state index contributed by atoms with van der Waals surface area (Å²) in [7, 11) is 0. The van der Waals surface area contributed by atoms with E-state index in [0.717, 1.165) is 28.2 Å². The molecule has 1 heterocycles. The number of ether oxygens (including phenoxy) is 1. The summed E-state index contributed by atoms with van der Waals surface area (Å²) >= 11 is 0. The number of carbonyl (C=O) groups excluding carboxylic acids is 1. The van der Waals surface area contributed by atoms with Gasteiger partial charge in [0.1, 0.15) is 5.75 Å². The predicted molar refractivity (Wildman–Crippen MR) is 108 cm³/mol. The second-order valence-corrected chi connectivity index (χ2v) is 6.55. The van der Waals surface area contributed by atoms with E-state index in [1.54, 1.807) is 0 Å². The highest BCUT2D eigenvalue weighted by Crippen LogP contribution is 2.26. The number of rotatable bonds is 6. The van der Waals surface area contributed by atoms with Gasteiger partial charge in [-0.2, -0.15) is 5.10 Å². The third-order valence-electron chi connectivity index (χ3n) is 4.49. The molecule has 2 aromatic carbocycles. The predicted octanol–water partition coefficient (Wildman–Crippen LogP) is 4.38. The van der Waals surface area contributed by atoms with Crippen molar-refractivity contribution in [2.75, 3.05) is 11.9 Å². The lowest BCUT2D eigenvalue weighted by Crippen LogP contribution is -2.16. The minimum absolute atomic E-state index is 0.0846. The van der Waals surface area contributed by atoms with Gasteiger partial charge < -0.3 is 10.1 Å². The Morgan fingerprint density at radius 3 is 2.56 bits per heavy atom. The maximum absolute atomic E-state index is 12.7. The number of anilines is 1. The molecule has 27 heavy (non-hydrogen) atoms. The molecule has 5 heteroatoms. The molecule has 0 radical (unpaired) electrons. The Morgan fingerprint density at radius 2 is 1.85 bits per heavy atom. The first-order valence-electron chi connectivity index (χ1n) is 9.13. The fourth-order valence-electron chi connectivity index (χ4n) is 3.11. The summed E-state index contributed by atoms with van der Waals surface area (Å²) in [6.07, 6.45) is 0.268. The van der Waals surface area contributed by atoms with Crippen molar-refractivity contribution in [1.82, 2.24) is 9.78 Å². The summed E-state index contributed by atoms with van der Waals surface area (Å²) in [5.41, 5.74) is 5.55. The van der Waals surface area contributed by atoms with Crippen LogP contribution in [0.5, 0.6) is 5.75 Å². The van der Waals surface area contributed by atoms with Gasteiger partial charge in [0.2, 0.25) is 5.91 Å². The first kappa shape index (κ1) is 18.7. The largest absolute Gasteiger partial charge is 0.492 e. The van der Waals surface area contributed by atoms with Crippen LogP contribution in [0.2, 0.25) is 0 Å². The van der Waals surface area contributed by atoms with Crippen LogP contribution in [0.3, 0.4) is 0 Å². The molecule has 0 saturated heterocycles. The van der Waals surface area contributed by atoms with Gasteiger partial charge in [-0.3, -0.25) is 4.79 Å². The van der Waals surface area contributed by atoms with Gasteiger partial charge in [0.25, 0.3) is 0 Å². The van der Waals surface area contributed by atoms with Gasteiger partial charge in [-0.25, -0.2) is 4.68 Å². The van der Waals surface area contributed by atoms with Gasteiger partial charge in [0.05, 0.1) is 30.1 Å². The van der Waals surface area contributed by atoms with Crippen LogP contribution >= 0.6 is 0 Å². The lowest BCUT2D eigenvalue weighted by molar-refractivity contribution is -0.115. The average molecular weight is 363 g/mol. The second-order valence-electron chi connectivity index (χ2n) is 6.55. The summed E-state index contributed by atoms with van der Waals surface area (Å²) < 4.78 is 7.53. The number of amides is 1. The number of para-hydroxylation sites is 1. The van der Waals surface area contributed by atoms with E-state index in [1.807, 2.05) is 80.9 Å². The fraction of sp³-hybridized carbons (Fsp3) is 0.273. The number of hydrogen-bond acceptors (Lipinski definition) is 3. The molecule has 1 aromatic heterocycles. The average Bonchev–Trinajstić information content (AvgIpc) is 2.93. The highest BCUT2D eigenvalue weighted by atomic mass is 16.5. The molecule has 0 saturated carbocycles. The first-order chi connectivity index (χ1) is 13.0. The summed E-state index contributed by atoms with van der Waals surface area (Å²) in [5.74, 6) is 0.609. The van der Waals surface area contributed by atoms with Crippen molar-refractivity contribution < 1.29 is 9.53 Å². The van der Waals surface area contributed by atoms with E-state index in [9.17, 15) is 4.79 Å². The normalized spacial score (nSPS) is 10.7.